The van der Waals surface area contributed by atoms with Gasteiger partial charge in [0.15, 0.2) is 22.2 Å². The number of anilines is 1. The second kappa shape index (κ2) is 7.76. The lowest BCUT2D eigenvalue weighted by atomic mass is 10.3. The molecule has 29 heavy (non-hydrogen) atoms. The van der Waals surface area contributed by atoms with Crippen molar-refractivity contribution >= 4 is 38.7 Å². The molecule has 0 saturated heterocycles. The van der Waals surface area contributed by atoms with Crippen molar-refractivity contribution in [3.63, 3.8) is 0 Å². The molecule has 0 fully saturated rings. The Kier molecular flexibility index (Phi) is 5.00. The zero-order valence-electron chi connectivity index (χ0n) is 15.5. The number of rotatable bonds is 6. The molecule has 1 amide bonds. The van der Waals surface area contributed by atoms with Crippen molar-refractivity contribution in [3.05, 3.63) is 54.1 Å². The van der Waals surface area contributed by atoms with Crippen molar-refractivity contribution < 1.29 is 23.5 Å². The number of nitrogens with one attached hydrogen (secondary N) is 1. The van der Waals surface area contributed by atoms with Gasteiger partial charge in [-0.3, -0.25) is 10.1 Å². The van der Waals surface area contributed by atoms with E-state index in [0.29, 0.717) is 26.9 Å². The fourth-order valence-corrected chi connectivity index (χ4v) is 3.57. The monoisotopic (exact) mass is 412 g/mol. The summed E-state index contributed by atoms with van der Waals surface area (Å²) in [5, 5.41) is 7.37. The van der Waals surface area contributed by atoms with E-state index in [1.807, 2.05) is 0 Å². The number of hydrogen-bond acceptors (Lipinski definition) is 8. The third-order valence-corrected chi connectivity index (χ3v) is 4.94. The zero-order chi connectivity index (χ0) is 20.4. The predicted octanol–water partition coefficient (Wildman–Crippen LogP) is 3.51. The Hall–Kier alpha value is -3.66. The highest BCUT2D eigenvalue weighted by atomic mass is 32.1. The van der Waals surface area contributed by atoms with E-state index in [4.69, 9.17) is 13.9 Å². The van der Waals surface area contributed by atoms with Gasteiger partial charge in [-0.05, 0) is 43.3 Å². The van der Waals surface area contributed by atoms with E-state index in [0.717, 1.165) is 11.3 Å². The van der Waals surface area contributed by atoms with Crippen LogP contribution in [0.25, 0.3) is 16.0 Å². The second-order valence-corrected chi connectivity index (χ2v) is 6.78. The summed E-state index contributed by atoms with van der Waals surface area (Å²) in [5.74, 6) is -0.149. The standard InChI is InChI=1S/C19H16N4O5S/c1-3-27-18(25)14-15-16(23(22-14)11-6-8-12(26-2)9-7-11)20-19(29-15)21-17(24)13-5-4-10-28-13/h4-10H,3H2,1-2H3,(H,20,21,24). The quantitative estimate of drug-likeness (QED) is 0.483. The normalized spacial score (nSPS) is 10.8. The number of esters is 1. The zero-order valence-corrected chi connectivity index (χ0v) is 16.4. The van der Waals surface area contributed by atoms with E-state index < -0.39 is 11.9 Å². The van der Waals surface area contributed by atoms with Crippen LogP contribution < -0.4 is 10.1 Å². The maximum atomic E-state index is 12.4. The molecule has 9 nitrogen and oxygen atoms in total. The summed E-state index contributed by atoms with van der Waals surface area (Å²) in [6.07, 6.45) is 1.41. The molecule has 0 bridgehead atoms. The van der Waals surface area contributed by atoms with Crippen LogP contribution in [-0.4, -0.2) is 40.4 Å². The first-order chi connectivity index (χ1) is 14.1. The molecule has 1 aromatic carbocycles. The molecule has 1 N–H and O–H groups in total. The van der Waals surface area contributed by atoms with Crippen LogP contribution in [-0.2, 0) is 4.74 Å². The van der Waals surface area contributed by atoms with E-state index in [1.54, 1.807) is 50.4 Å². The molecule has 3 aromatic heterocycles. The van der Waals surface area contributed by atoms with Gasteiger partial charge in [0.1, 0.15) is 10.4 Å². The lowest BCUT2D eigenvalue weighted by molar-refractivity contribution is 0.0521. The number of nitrogens with zero attached hydrogens (tertiary/aromatic N) is 3. The Morgan fingerprint density at radius 3 is 2.69 bits per heavy atom. The number of fused-ring (bicyclic) bond motifs is 1. The van der Waals surface area contributed by atoms with E-state index >= 15 is 0 Å². The highest BCUT2D eigenvalue weighted by Gasteiger charge is 2.24. The first-order valence-corrected chi connectivity index (χ1v) is 9.48. The third kappa shape index (κ3) is 3.57. The number of carbonyl (C=O) groups excluding carboxylic acids is 2. The summed E-state index contributed by atoms with van der Waals surface area (Å²) >= 11 is 1.13. The molecule has 10 heteroatoms. The van der Waals surface area contributed by atoms with Gasteiger partial charge in [0, 0.05) is 0 Å². The van der Waals surface area contributed by atoms with Gasteiger partial charge in [-0.1, -0.05) is 11.3 Å². The van der Waals surface area contributed by atoms with Gasteiger partial charge in [0.05, 0.1) is 25.7 Å². The molecule has 4 aromatic rings. The molecule has 4 rings (SSSR count). The number of furan rings is 1. The molecular formula is C19H16N4O5S. The van der Waals surface area contributed by atoms with Crippen molar-refractivity contribution in [2.45, 2.75) is 6.92 Å². The first-order valence-electron chi connectivity index (χ1n) is 8.66. The number of methoxy groups -OCH3 is 1. The van der Waals surface area contributed by atoms with Gasteiger partial charge in [-0.2, -0.15) is 10.1 Å². The number of benzene rings is 1. The van der Waals surface area contributed by atoms with Crippen molar-refractivity contribution in [3.8, 4) is 11.4 Å². The van der Waals surface area contributed by atoms with Crippen LogP contribution in [0.2, 0.25) is 0 Å². The Balaban J connectivity index is 1.76. The van der Waals surface area contributed by atoms with Gasteiger partial charge in [-0.15, -0.1) is 0 Å². The Bertz CT molecular complexity index is 1160. The minimum Gasteiger partial charge on any atom is -0.497 e. The molecule has 0 atom stereocenters. The Morgan fingerprint density at radius 2 is 2.03 bits per heavy atom. The van der Waals surface area contributed by atoms with Crippen LogP contribution in [0.4, 0.5) is 5.13 Å². The fourth-order valence-electron chi connectivity index (χ4n) is 2.66. The summed E-state index contributed by atoms with van der Waals surface area (Å²) in [5.41, 5.74) is 1.24. The first kappa shape index (κ1) is 18.7. The number of amides is 1. The minimum absolute atomic E-state index is 0.133. The van der Waals surface area contributed by atoms with E-state index in [2.05, 4.69) is 15.4 Å². The maximum Gasteiger partial charge on any atom is 0.360 e. The summed E-state index contributed by atoms with van der Waals surface area (Å²) in [7, 11) is 1.58. The van der Waals surface area contributed by atoms with Gasteiger partial charge < -0.3 is 13.9 Å². The topological polar surface area (TPSA) is 108 Å². The highest BCUT2D eigenvalue weighted by Crippen LogP contribution is 2.32. The minimum atomic E-state index is -0.558. The lowest BCUT2D eigenvalue weighted by Crippen LogP contribution is -2.11. The molecule has 0 saturated carbocycles. The van der Waals surface area contributed by atoms with Gasteiger partial charge in [-0.25, -0.2) is 9.48 Å². The van der Waals surface area contributed by atoms with Crippen molar-refractivity contribution in [1.29, 1.82) is 0 Å². The van der Waals surface area contributed by atoms with Crippen LogP contribution in [0.3, 0.4) is 0 Å². The lowest BCUT2D eigenvalue weighted by Gasteiger charge is -2.04. The SMILES string of the molecule is CCOC(=O)c1nn(-c2ccc(OC)cc2)c2nc(NC(=O)c3ccco3)sc12. The molecule has 0 unspecified atom stereocenters. The summed E-state index contributed by atoms with van der Waals surface area (Å²) in [6.45, 7) is 1.94. The molecule has 0 aliphatic carbocycles. The van der Waals surface area contributed by atoms with Gasteiger partial charge in [0.25, 0.3) is 5.91 Å². The van der Waals surface area contributed by atoms with Gasteiger partial charge in [0.2, 0.25) is 0 Å². The number of carbonyl (C=O) groups is 2. The Morgan fingerprint density at radius 1 is 1.24 bits per heavy atom. The van der Waals surface area contributed by atoms with Crippen molar-refractivity contribution in [2.75, 3.05) is 19.0 Å². The number of ether oxygens (including phenoxy) is 2. The van der Waals surface area contributed by atoms with Crippen LogP contribution in [0.5, 0.6) is 5.75 Å². The van der Waals surface area contributed by atoms with Crippen LogP contribution in [0.1, 0.15) is 28.0 Å². The van der Waals surface area contributed by atoms with Crippen molar-refractivity contribution in [2.24, 2.45) is 0 Å². The molecule has 0 spiro atoms. The van der Waals surface area contributed by atoms with E-state index in [9.17, 15) is 9.59 Å². The van der Waals surface area contributed by atoms with Crippen LogP contribution in [0, 0.1) is 0 Å². The van der Waals surface area contributed by atoms with Gasteiger partial charge >= 0.3 is 5.97 Å². The molecule has 0 radical (unpaired) electrons. The summed E-state index contributed by atoms with van der Waals surface area (Å²) in [4.78, 5) is 29.1. The number of hydrogen-bond donors (Lipinski definition) is 1. The van der Waals surface area contributed by atoms with E-state index in [-0.39, 0.29) is 18.1 Å². The average molecular weight is 412 g/mol. The second-order valence-electron chi connectivity index (χ2n) is 5.78. The smallest absolute Gasteiger partial charge is 0.360 e. The summed E-state index contributed by atoms with van der Waals surface area (Å²) < 4.78 is 17.4. The number of aromatic nitrogens is 3. The molecule has 148 valence electrons. The maximum absolute atomic E-state index is 12.4. The highest BCUT2D eigenvalue weighted by molar-refractivity contribution is 7.22. The average Bonchev–Trinajstić information content (AvgIpc) is 3.45. The molecule has 0 aliphatic rings. The molecule has 0 aliphatic heterocycles. The molecule has 3 heterocycles. The summed E-state index contributed by atoms with van der Waals surface area (Å²) in [6, 6.07) is 10.3. The van der Waals surface area contributed by atoms with Crippen LogP contribution in [0.15, 0.2) is 47.1 Å². The van der Waals surface area contributed by atoms with Crippen LogP contribution >= 0.6 is 11.3 Å². The van der Waals surface area contributed by atoms with Crippen molar-refractivity contribution in [1.82, 2.24) is 14.8 Å². The fraction of sp³-hybridized carbons (Fsp3) is 0.158. The Labute approximate surface area is 168 Å². The number of thiazole rings is 1. The largest absolute Gasteiger partial charge is 0.497 e. The third-order valence-electron chi connectivity index (χ3n) is 3.98. The molecular weight excluding hydrogens is 396 g/mol. The van der Waals surface area contributed by atoms with E-state index in [1.165, 1.54) is 10.9 Å². The predicted molar refractivity (Wildman–Crippen MR) is 106 cm³/mol.